The number of benzene rings is 2. The van der Waals surface area contributed by atoms with E-state index in [-0.39, 0.29) is 6.54 Å². The summed E-state index contributed by atoms with van der Waals surface area (Å²) >= 11 is 5.87. The highest BCUT2D eigenvalue weighted by Gasteiger charge is 2.49. The number of urea groups is 1. The summed E-state index contributed by atoms with van der Waals surface area (Å²) in [6.45, 7) is 1.24. The number of carbonyl (C=O) groups is 3. The summed E-state index contributed by atoms with van der Waals surface area (Å²) in [5.74, 6) is -0.932. The number of halogens is 1. The third-order valence-electron chi connectivity index (χ3n) is 4.06. The number of carbonyl (C=O) groups excluding carboxylic acids is 3. The number of hydrogen-bond donors (Lipinski definition) is 2. The Kier molecular flexibility index (Phi) is 4.46. The fourth-order valence-electron chi connectivity index (χ4n) is 2.69. The van der Waals surface area contributed by atoms with Crippen molar-refractivity contribution in [1.82, 2.24) is 10.2 Å². The van der Waals surface area contributed by atoms with Crippen molar-refractivity contribution in [3.8, 4) is 0 Å². The monoisotopic (exact) mass is 357 g/mol. The van der Waals surface area contributed by atoms with E-state index in [1.165, 1.54) is 0 Å². The van der Waals surface area contributed by atoms with Gasteiger partial charge in [0.2, 0.25) is 5.91 Å². The van der Waals surface area contributed by atoms with E-state index in [1.807, 2.05) is 6.07 Å². The van der Waals surface area contributed by atoms with Crippen molar-refractivity contribution in [3.63, 3.8) is 0 Å². The summed E-state index contributed by atoms with van der Waals surface area (Å²) in [6.07, 6.45) is 0. The first-order valence-electron chi connectivity index (χ1n) is 7.65. The third kappa shape index (κ3) is 3.34. The number of nitrogens with zero attached hydrogens (tertiary/aromatic N) is 1. The molecule has 7 heteroatoms. The van der Waals surface area contributed by atoms with Crippen LogP contribution in [0.25, 0.3) is 0 Å². The van der Waals surface area contributed by atoms with E-state index < -0.39 is 23.4 Å². The second kappa shape index (κ2) is 6.57. The molecule has 0 bridgehead atoms. The first kappa shape index (κ1) is 17.0. The molecule has 1 heterocycles. The van der Waals surface area contributed by atoms with Crippen LogP contribution in [0.1, 0.15) is 12.5 Å². The van der Waals surface area contributed by atoms with Gasteiger partial charge in [-0.1, -0.05) is 41.9 Å². The van der Waals surface area contributed by atoms with Crippen LogP contribution in [-0.4, -0.2) is 29.3 Å². The molecule has 4 amide bonds. The molecule has 1 aliphatic rings. The quantitative estimate of drug-likeness (QED) is 0.826. The van der Waals surface area contributed by atoms with E-state index in [1.54, 1.807) is 55.5 Å². The maximum absolute atomic E-state index is 12.7. The molecule has 1 fully saturated rings. The van der Waals surface area contributed by atoms with E-state index >= 15 is 0 Å². The zero-order valence-corrected chi connectivity index (χ0v) is 14.2. The second-order valence-electron chi connectivity index (χ2n) is 5.87. The minimum atomic E-state index is -1.23. The van der Waals surface area contributed by atoms with E-state index in [2.05, 4.69) is 10.6 Å². The number of rotatable bonds is 4. The molecule has 2 aromatic rings. The van der Waals surface area contributed by atoms with Gasteiger partial charge in [-0.05, 0) is 36.8 Å². The van der Waals surface area contributed by atoms with Crippen LogP contribution in [0, 0.1) is 0 Å². The Morgan fingerprint density at radius 2 is 1.76 bits per heavy atom. The van der Waals surface area contributed by atoms with Gasteiger partial charge >= 0.3 is 6.03 Å². The molecular weight excluding hydrogens is 342 g/mol. The molecule has 1 saturated heterocycles. The number of imide groups is 1. The van der Waals surface area contributed by atoms with Gasteiger partial charge in [-0.2, -0.15) is 0 Å². The van der Waals surface area contributed by atoms with Gasteiger partial charge in [0, 0.05) is 10.7 Å². The van der Waals surface area contributed by atoms with Crippen LogP contribution in [0.5, 0.6) is 0 Å². The van der Waals surface area contributed by atoms with Gasteiger partial charge in [0.15, 0.2) is 0 Å². The van der Waals surface area contributed by atoms with Gasteiger partial charge in [0.1, 0.15) is 12.1 Å². The molecule has 2 aromatic carbocycles. The Bertz CT molecular complexity index is 823. The molecule has 3 rings (SSSR count). The highest BCUT2D eigenvalue weighted by molar-refractivity contribution is 6.30. The van der Waals surface area contributed by atoms with Crippen molar-refractivity contribution < 1.29 is 14.4 Å². The van der Waals surface area contributed by atoms with Crippen LogP contribution in [0.3, 0.4) is 0 Å². The summed E-state index contributed by atoms with van der Waals surface area (Å²) in [4.78, 5) is 38.0. The van der Waals surface area contributed by atoms with Gasteiger partial charge in [-0.25, -0.2) is 4.79 Å². The zero-order valence-electron chi connectivity index (χ0n) is 13.5. The lowest BCUT2D eigenvalue weighted by molar-refractivity contribution is -0.133. The van der Waals surface area contributed by atoms with Crippen molar-refractivity contribution in [2.24, 2.45) is 0 Å². The molecule has 0 radical (unpaired) electrons. The highest BCUT2D eigenvalue weighted by Crippen LogP contribution is 2.29. The van der Waals surface area contributed by atoms with Gasteiger partial charge < -0.3 is 10.6 Å². The van der Waals surface area contributed by atoms with Crippen LogP contribution < -0.4 is 10.6 Å². The standard InChI is InChI=1S/C18H16ClN3O3/c1-18(12-7-9-13(19)10-8-12)16(24)22(17(25)21-18)11-15(23)20-14-5-3-2-4-6-14/h2-10H,11H2,1H3,(H,20,23)(H,21,25). The van der Waals surface area contributed by atoms with Crippen LogP contribution >= 0.6 is 11.6 Å². The Morgan fingerprint density at radius 1 is 1.12 bits per heavy atom. The lowest BCUT2D eigenvalue weighted by atomic mass is 9.92. The summed E-state index contributed by atoms with van der Waals surface area (Å²) in [5.41, 5.74) is -0.0319. The number of anilines is 1. The maximum Gasteiger partial charge on any atom is 0.325 e. The average molecular weight is 358 g/mol. The molecule has 1 unspecified atom stereocenters. The minimum Gasteiger partial charge on any atom is -0.325 e. The SMILES string of the molecule is CC1(c2ccc(Cl)cc2)NC(=O)N(CC(=O)Nc2ccccc2)C1=O. The molecule has 0 saturated carbocycles. The van der Waals surface area contributed by atoms with Gasteiger partial charge in [-0.3, -0.25) is 14.5 Å². The summed E-state index contributed by atoms with van der Waals surface area (Å²) < 4.78 is 0. The molecule has 128 valence electrons. The number of hydrogen-bond acceptors (Lipinski definition) is 3. The molecule has 0 aliphatic carbocycles. The van der Waals surface area contributed by atoms with Gasteiger partial charge in [0.05, 0.1) is 0 Å². The third-order valence-corrected chi connectivity index (χ3v) is 4.31. The Morgan fingerprint density at radius 3 is 2.40 bits per heavy atom. The van der Waals surface area contributed by atoms with E-state index in [0.717, 1.165) is 4.90 Å². The smallest absolute Gasteiger partial charge is 0.325 e. The molecule has 1 atom stereocenters. The summed E-state index contributed by atoms with van der Waals surface area (Å²) in [5, 5.41) is 5.83. The molecule has 0 spiro atoms. The largest absolute Gasteiger partial charge is 0.325 e. The predicted molar refractivity (Wildman–Crippen MR) is 94.1 cm³/mol. The van der Waals surface area contributed by atoms with E-state index in [0.29, 0.717) is 16.3 Å². The zero-order chi connectivity index (χ0) is 18.0. The van der Waals surface area contributed by atoms with Crippen molar-refractivity contribution in [1.29, 1.82) is 0 Å². The molecule has 2 N–H and O–H groups in total. The first-order valence-corrected chi connectivity index (χ1v) is 8.03. The van der Waals surface area contributed by atoms with Crippen molar-refractivity contribution in [3.05, 3.63) is 65.2 Å². The normalized spacial score (nSPS) is 19.7. The number of para-hydroxylation sites is 1. The lowest BCUT2D eigenvalue weighted by Crippen LogP contribution is -2.42. The second-order valence-corrected chi connectivity index (χ2v) is 6.30. The molecule has 6 nitrogen and oxygen atoms in total. The Hall–Kier alpha value is -2.86. The predicted octanol–water partition coefficient (Wildman–Crippen LogP) is 2.75. The topological polar surface area (TPSA) is 78.5 Å². The van der Waals surface area contributed by atoms with Crippen molar-refractivity contribution >= 4 is 35.1 Å². The molecule has 1 aliphatic heterocycles. The van der Waals surface area contributed by atoms with Crippen molar-refractivity contribution in [2.75, 3.05) is 11.9 Å². The summed E-state index contributed by atoms with van der Waals surface area (Å²) in [6, 6.07) is 14.9. The van der Waals surface area contributed by atoms with Crippen LogP contribution in [-0.2, 0) is 15.1 Å². The Labute approximate surface area is 149 Å². The molecular formula is C18H16ClN3O3. The minimum absolute atomic E-state index is 0.358. The first-order chi connectivity index (χ1) is 11.9. The van der Waals surface area contributed by atoms with Crippen molar-refractivity contribution in [2.45, 2.75) is 12.5 Å². The fourth-order valence-corrected chi connectivity index (χ4v) is 2.81. The van der Waals surface area contributed by atoms with Crippen LogP contribution in [0.4, 0.5) is 10.5 Å². The fraction of sp³-hybridized carbons (Fsp3) is 0.167. The van der Waals surface area contributed by atoms with E-state index in [9.17, 15) is 14.4 Å². The number of nitrogens with one attached hydrogen (secondary N) is 2. The highest BCUT2D eigenvalue weighted by atomic mass is 35.5. The number of amides is 4. The summed E-state index contributed by atoms with van der Waals surface area (Å²) in [7, 11) is 0. The van der Waals surface area contributed by atoms with Gasteiger partial charge in [0.25, 0.3) is 5.91 Å². The average Bonchev–Trinajstić information content (AvgIpc) is 2.80. The van der Waals surface area contributed by atoms with Crippen LogP contribution in [0.15, 0.2) is 54.6 Å². The Balaban J connectivity index is 1.75. The van der Waals surface area contributed by atoms with Crippen LogP contribution in [0.2, 0.25) is 5.02 Å². The molecule has 0 aromatic heterocycles. The maximum atomic E-state index is 12.7. The van der Waals surface area contributed by atoms with Gasteiger partial charge in [-0.15, -0.1) is 0 Å². The lowest BCUT2D eigenvalue weighted by Gasteiger charge is -2.22. The molecule has 25 heavy (non-hydrogen) atoms. The van der Waals surface area contributed by atoms with E-state index in [4.69, 9.17) is 11.6 Å².